The number of nitrogens with one attached hydrogen (secondary N) is 1. The van der Waals surface area contributed by atoms with Gasteiger partial charge in [-0.3, -0.25) is 4.79 Å². The number of rotatable bonds is 7. The number of hydrogen-bond acceptors (Lipinski definition) is 3. The third-order valence-electron chi connectivity index (χ3n) is 5.40. The van der Waals surface area contributed by atoms with Crippen molar-refractivity contribution in [1.82, 2.24) is 5.32 Å². The molecule has 0 aliphatic carbocycles. The molecule has 1 heterocycles. The van der Waals surface area contributed by atoms with Crippen molar-refractivity contribution in [3.05, 3.63) is 60.2 Å². The molecule has 1 aliphatic rings. The summed E-state index contributed by atoms with van der Waals surface area (Å²) in [5.41, 5.74) is 2.43. The van der Waals surface area contributed by atoms with Crippen molar-refractivity contribution in [2.45, 2.75) is 45.1 Å². The number of nitrogens with zero attached hydrogens (tertiary/aromatic N) is 1. The highest BCUT2D eigenvalue weighted by Gasteiger charge is 2.21. The van der Waals surface area contributed by atoms with Gasteiger partial charge in [0, 0.05) is 24.8 Å². The van der Waals surface area contributed by atoms with Crippen molar-refractivity contribution in [1.29, 1.82) is 0 Å². The highest BCUT2D eigenvalue weighted by atomic mass is 16.5. The minimum atomic E-state index is -0.0351. The molecule has 4 heteroatoms. The molecule has 1 aliphatic heterocycles. The van der Waals surface area contributed by atoms with E-state index in [1.165, 1.54) is 11.3 Å². The lowest BCUT2D eigenvalue weighted by Crippen LogP contribution is -2.46. The molecule has 0 aromatic heterocycles. The molecule has 1 unspecified atom stereocenters. The summed E-state index contributed by atoms with van der Waals surface area (Å²) >= 11 is 0. The fourth-order valence-electron chi connectivity index (χ4n) is 3.57. The van der Waals surface area contributed by atoms with Gasteiger partial charge in [-0.1, -0.05) is 50.2 Å². The van der Waals surface area contributed by atoms with Crippen molar-refractivity contribution in [3.63, 3.8) is 0 Å². The number of amides is 1. The standard InChI is InChI=1S/C23H30N2O2/c1-3-18(2)21-11-7-8-12-22(21)27-17-23(26)24-19-13-15-25(16-14-19)20-9-5-4-6-10-20/h4-12,18-19H,3,13-17H2,1-2H3,(H,24,26). The Labute approximate surface area is 162 Å². The zero-order valence-electron chi connectivity index (χ0n) is 16.4. The number of piperidine rings is 1. The average molecular weight is 367 g/mol. The van der Waals surface area contributed by atoms with Crippen molar-refractivity contribution in [2.24, 2.45) is 0 Å². The lowest BCUT2D eigenvalue weighted by Gasteiger charge is -2.34. The monoisotopic (exact) mass is 366 g/mol. The first kappa shape index (κ1) is 19.3. The molecule has 144 valence electrons. The summed E-state index contributed by atoms with van der Waals surface area (Å²) in [6.07, 6.45) is 2.97. The van der Waals surface area contributed by atoms with Gasteiger partial charge in [-0.15, -0.1) is 0 Å². The van der Waals surface area contributed by atoms with E-state index in [9.17, 15) is 4.79 Å². The highest BCUT2D eigenvalue weighted by molar-refractivity contribution is 5.78. The molecule has 0 saturated carbocycles. The van der Waals surface area contributed by atoms with Gasteiger partial charge in [0.25, 0.3) is 5.91 Å². The minimum Gasteiger partial charge on any atom is -0.483 e. The van der Waals surface area contributed by atoms with E-state index < -0.39 is 0 Å². The van der Waals surface area contributed by atoms with Crippen LogP contribution in [-0.4, -0.2) is 31.6 Å². The Balaban J connectivity index is 1.46. The Morgan fingerprint density at radius 1 is 1.11 bits per heavy atom. The zero-order chi connectivity index (χ0) is 19.1. The van der Waals surface area contributed by atoms with E-state index in [2.05, 4.69) is 54.4 Å². The van der Waals surface area contributed by atoms with E-state index in [-0.39, 0.29) is 18.6 Å². The number of para-hydroxylation sites is 2. The van der Waals surface area contributed by atoms with Gasteiger partial charge < -0.3 is 15.0 Å². The average Bonchev–Trinajstić information content (AvgIpc) is 2.73. The molecule has 0 spiro atoms. The second-order valence-corrected chi connectivity index (χ2v) is 7.30. The van der Waals surface area contributed by atoms with Crippen molar-refractivity contribution in [3.8, 4) is 5.75 Å². The van der Waals surface area contributed by atoms with E-state index in [1.54, 1.807) is 0 Å². The molecule has 1 atom stereocenters. The molecule has 1 amide bonds. The quantitative estimate of drug-likeness (QED) is 0.791. The van der Waals surface area contributed by atoms with Crippen LogP contribution in [0, 0.1) is 0 Å². The molecule has 0 radical (unpaired) electrons. The largest absolute Gasteiger partial charge is 0.483 e. The molecule has 27 heavy (non-hydrogen) atoms. The molecule has 3 rings (SSSR count). The Morgan fingerprint density at radius 3 is 2.48 bits per heavy atom. The molecule has 1 fully saturated rings. The van der Waals surface area contributed by atoms with Crippen LogP contribution in [0.5, 0.6) is 5.75 Å². The first-order valence-corrected chi connectivity index (χ1v) is 9.98. The lowest BCUT2D eigenvalue weighted by molar-refractivity contribution is -0.123. The van der Waals surface area contributed by atoms with E-state index in [4.69, 9.17) is 4.74 Å². The number of benzene rings is 2. The van der Waals surface area contributed by atoms with E-state index in [0.717, 1.165) is 38.1 Å². The van der Waals surface area contributed by atoms with Crippen LogP contribution in [0.1, 0.15) is 44.6 Å². The van der Waals surface area contributed by atoms with Gasteiger partial charge in [-0.25, -0.2) is 0 Å². The normalized spacial score (nSPS) is 16.0. The predicted molar refractivity (Wildman–Crippen MR) is 110 cm³/mol. The van der Waals surface area contributed by atoms with Crippen LogP contribution in [-0.2, 0) is 4.79 Å². The van der Waals surface area contributed by atoms with Crippen LogP contribution in [0.25, 0.3) is 0 Å². The van der Waals surface area contributed by atoms with Gasteiger partial charge in [-0.2, -0.15) is 0 Å². The molecule has 2 aromatic rings. The number of ether oxygens (including phenoxy) is 1. The molecule has 1 N–H and O–H groups in total. The maximum Gasteiger partial charge on any atom is 0.258 e. The van der Waals surface area contributed by atoms with Gasteiger partial charge in [-0.05, 0) is 48.9 Å². The smallest absolute Gasteiger partial charge is 0.258 e. The summed E-state index contributed by atoms with van der Waals surface area (Å²) in [5.74, 6) is 1.21. The number of hydrogen-bond donors (Lipinski definition) is 1. The van der Waals surface area contributed by atoms with Gasteiger partial charge in [0.15, 0.2) is 6.61 Å². The zero-order valence-corrected chi connectivity index (χ0v) is 16.4. The van der Waals surface area contributed by atoms with Crippen LogP contribution in [0.2, 0.25) is 0 Å². The third kappa shape index (κ3) is 5.25. The molecular formula is C23H30N2O2. The second kappa shape index (κ2) is 9.45. The summed E-state index contributed by atoms with van der Waals surface area (Å²) < 4.78 is 5.83. The van der Waals surface area contributed by atoms with Gasteiger partial charge in [0.1, 0.15) is 5.75 Å². The lowest BCUT2D eigenvalue weighted by atomic mass is 9.98. The van der Waals surface area contributed by atoms with E-state index in [1.807, 2.05) is 24.3 Å². The molecule has 2 aromatic carbocycles. The SMILES string of the molecule is CCC(C)c1ccccc1OCC(=O)NC1CCN(c2ccccc2)CC1. The maximum atomic E-state index is 12.3. The van der Waals surface area contributed by atoms with Crippen LogP contribution in [0.4, 0.5) is 5.69 Å². The Kier molecular flexibility index (Phi) is 6.74. The van der Waals surface area contributed by atoms with Gasteiger partial charge >= 0.3 is 0 Å². The minimum absolute atomic E-state index is 0.0351. The summed E-state index contributed by atoms with van der Waals surface area (Å²) in [6.45, 7) is 6.35. The molecule has 1 saturated heterocycles. The summed E-state index contributed by atoms with van der Waals surface area (Å²) in [5, 5.41) is 3.13. The van der Waals surface area contributed by atoms with Crippen LogP contribution < -0.4 is 15.0 Å². The fourth-order valence-corrected chi connectivity index (χ4v) is 3.57. The number of carbonyl (C=O) groups excluding carboxylic acids is 1. The number of anilines is 1. The summed E-state index contributed by atoms with van der Waals surface area (Å²) in [6, 6.07) is 18.7. The topological polar surface area (TPSA) is 41.6 Å². The van der Waals surface area contributed by atoms with Crippen molar-refractivity contribution in [2.75, 3.05) is 24.6 Å². The molecular weight excluding hydrogens is 336 g/mol. The van der Waals surface area contributed by atoms with Gasteiger partial charge in [0.05, 0.1) is 0 Å². The van der Waals surface area contributed by atoms with Crippen molar-refractivity contribution < 1.29 is 9.53 Å². The second-order valence-electron chi connectivity index (χ2n) is 7.30. The first-order valence-electron chi connectivity index (χ1n) is 9.98. The Hall–Kier alpha value is -2.49. The third-order valence-corrected chi connectivity index (χ3v) is 5.40. The maximum absolute atomic E-state index is 12.3. The van der Waals surface area contributed by atoms with Crippen LogP contribution >= 0.6 is 0 Å². The van der Waals surface area contributed by atoms with E-state index in [0.29, 0.717) is 5.92 Å². The fraction of sp³-hybridized carbons (Fsp3) is 0.435. The predicted octanol–water partition coefficient (Wildman–Crippen LogP) is 4.36. The number of carbonyl (C=O) groups is 1. The molecule has 4 nitrogen and oxygen atoms in total. The Morgan fingerprint density at radius 2 is 1.78 bits per heavy atom. The molecule has 0 bridgehead atoms. The Bertz CT molecular complexity index is 724. The van der Waals surface area contributed by atoms with Crippen molar-refractivity contribution >= 4 is 11.6 Å². The van der Waals surface area contributed by atoms with Gasteiger partial charge in [0.2, 0.25) is 0 Å². The summed E-state index contributed by atoms with van der Waals surface area (Å²) in [7, 11) is 0. The van der Waals surface area contributed by atoms with Crippen LogP contribution in [0.3, 0.4) is 0 Å². The van der Waals surface area contributed by atoms with E-state index >= 15 is 0 Å². The summed E-state index contributed by atoms with van der Waals surface area (Å²) in [4.78, 5) is 14.7. The first-order chi connectivity index (χ1) is 13.2. The highest BCUT2D eigenvalue weighted by Crippen LogP contribution is 2.28. The van der Waals surface area contributed by atoms with Crippen LogP contribution in [0.15, 0.2) is 54.6 Å².